The zero-order valence-electron chi connectivity index (χ0n) is 8.77. The Hall–Kier alpha value is -0.870. The Morgan fingerprint density at radius 3 is 2.87 bits per heavy atom. The SMILES string of the molecule is CCCCCC(O)c1sccc1C(=O)O. The summed E-state index contributed by atoms with van der Waals surface area (Å²) >= 11 is 1.31. The zero-order chi connectivity index (χ0) is 11.3. The van der Waals surface area contributed by atoms with E-state index < -0.39 is 12.1 Å². The van der Waals surface area contributed by atoms with Gasteiger partial charge in [0.25, 0.3) is 0 Å². The molecule has 1 unspecified atom stereocenters. The van der Waals surface area contributed by atoms with Crippen LogP contribution < -0.4 is 0 Å². The van der Waals surface area contributed by atoms with Gasteiger partial charge in [-0.2, -0.15) is 0 Å². The number of hydrogen-bond donors (Lipinski definition) is 2. The summed E-state index contributed by atoms with van der Waals surface area (Å²) in [5.41, 5.74) is 0.240. The molecule has 0 saturated carbocycles. The molecule has 0 aliphatic rings. The van der Waals surface area contributed by atoms with E-state index in [4.69, 9.17) is 5.11 Å². The van der Waals surface area contributed by atoms with E-state index in [1.165, 1.54) is 11.3 Å². The van der Waals surface area contributed by atoms with Gasteiger partial charge in [0.05, 0.1) is 11.7 Å². The number of aromatic carboxylic acids is 1. The number of aliphatic hydroxyl groups is 1. The third-order valence-corrected chi connectivity index (χ3v) is 3.33. The van der Waals surface area contributed by atoms with Crippen molar-refractivity contribution in [1.82, 2.24) is 0 Å². The quantitative estimate of drug-likeness (QED) is 0.736. The normalized spacial score (nSPS) is 12.7. The molecule has 1 aromatic heterocycles. The van der Waals surface area contributed by atoms with Gasteiger partial charge in [0.15, 0.2) is 0 Å². The van der Waals surface area contributed by atoms with E-state index in [1.54, 1.807) is 11.4 Å². The molecule has 3 nitrogen and oxygen atoms in total. The lowest BCUT2D eigenvalue weighted by Crippen LogP contribution is -2.03. The van der Waals surface area contributed by atoms with Gasteiger partial charge in [-0.1, -0.05) is 26.2 Å². The molecule has 84 valence electrons. The summed E-state index contributed by atoms with van der Waals surface area (Å²) in [6, 6.07) is 1.55. The van der Waals surface area contributed by atoms with Gasteiger partial charge >= 0.3 is 5.97 Å². The molecule has 15 heavy (non-hydrogen) atoms. The first-order valence-corrected chi connectivity index (χ1v) is 6.03. The van der Waals surface area contributed by atoms with Gasteiger partial charge in [-0.3, -0.25) is 0 Å². The molecule has 0 aliphatic carbocycles. The fourth-order valence-electron chi connectivity index (χ4n) is 1.47. The van der Waals surface area contributed by atoms with E-state index in [0.29, 0.717) is 11.3 Å². The molecule has 1 heterocycles. The summed E-state index contributed by atoms with van der Waals surface area (Å²) in [6.45, 7) is 2.10. The fraction of sp³-hybridized carbons (Fsp3) is 0.545. The number of carboxylic acid groups (broad SMARTS) is 1. The van der Waals surface area contributed by atoms with Crippen molar-refractivity contribution in [1.29, 1.82) is 0 Å². The highest BCUT2D eigenvalue weighted by Gasteiger charge is 2.17. The molecule has 0 spiro atoms. The molecular weight excluding hydrogens is 212 g/mol. The summed E-state index contributed by atoms with van der Waals surface area (Å²) < 4.78 is 0. The first-order chi connectivity index (χ1) is 7.16. The van der Waals surface area contributed by atoms with Crippen molar-refractivity contribution in [3.63, 3.8) is 0 Å². The molecule has 1 rings (SSSR count). The van der Waals surface area contributed by atoms with Gasteiger partial charge in [-0.15, -0.1) is 11.3 Å². The van der Waals surface area contributed by atoms with E-state index in [9.17, 15) is 9.90 Å². The van der Waals surface area contributed by atoms with Gasteiger partial charge in [0.2, 0.25) is 0 Å². The van der Waals surface area contributed by atoms with Crippen molar-refractivity contribution in [2.45, 2.75) is 38.7 Å². The second-order valence-electron chi connectivity index (χ2n) is 3.52. The minimum atomic E-state index is -0.958. The molecule has 0 aliphatic heterocycles. The van der Waals surface area contributed by atoms with E-state index >= 15 is 0 Å². The van der Waals surface area contributed by atoms with Crippen LogP contribution in [0.3, 0.4) is 0 Å². The average Bonchev–Trinajstić information content (AvgIpc) is 2.66. The van der Waals surface area contributed by atoms with Crippen LogP contribution in [0, 0.1) is 0 Å². The summed E-state index contributed by atoms with van der Waals surface area (Å²) in [5.74, 6) is -0.958. The predicted molar refractivity (Wildman–Crippen MR) is 60.4 cm³/mol. The van der Waals surface area contributed by atoms with Crippen molar-refractivity contribution in [3.05, 3.63) is 21.9 Å². The van der Waals surface area contributed by atoms with E-state index in [1.807, 2.05) is 0 Å². The van der Waals surface area contributed by atoms with Crippen molar-refractivity contribution < 1.29 is 15.0 Å². The Kier molecular flexibility index (Phi) is 4.78. The molecule has 0 radical (unpaired) electrons. The lowest BCUT2D eigenvalue weighted by molar-refractivity contribution is 0.0689. The largest absolute Gasteiger partial charge is 0.478 e. The second-order valence-corrected chi connectivity index (χ2v) is 4.46. The smallest absolute Gasteiger partial charge is 0.336 e. The highest BCUT2D eigenvalue weighted by molar-refractivity contribution is 7.10. The monoisotopic (exact) mass is 228 g/mol. The van der Waals surface area contributed by atoms with E-state index in [2.05, 4.69) is 6.92 Å². The van der Waals surface area contributed by atoms with E-state index in [-0.39, 0.29) is 5.56 Å². The molecule has 2 N–H and O–H groups in total. The standard InChI is InChI=1S/C11H16O3S/c1-2-3-4-5-9(12)10-8(11(13)14)6-7-15-10/h6-7,9,12H,2-5H2,1H3,(H,13,14). The van der Waals surface area contributed by atoms with Crippen LogP contribution in [0.2, 0.25) is 0 Å². The molecule has 0 bridgehead atoms. The van der Waals surface area contributed by atoms with Crippen LogP contribution in [0.15, 0.2) is 11.4 Å². The summed E-state index contributed by atoms with van der Waals surface area (Å²) in [5, 5.41) is 20.4. The maximum absolute atomic E-state index is 10.8. The molecule has 1 atom stereocenters. The first kappa shape index (κ1) is 12.2. The number of aliphatic hydroxyl groups excluding tert-OH is 1. The predicted octanol–water partition coefficient (Wildman–Crippen LogP) is 3.06. The Balaban J connectivity index is 2.60. The van der Waals surface area contributed by atoms with E-state index in [0.717, 1.165) is 19.3 Å². The van der Waals surface area contributed by atoms with Crippen LogP contribution in [-0.4, -0.2) is 16.2 Å². The second kappa shape index (κ2) is 5.88. The Morgan fingerprint density at radius 1 is 1.53 bits per heavy atom. The van der Waals surface area contributed by atoms with Crippen LogP contribution in [0.25, 0.3) is 0 Å². The Morgan fingerprint density at radius 2 is 2.27 bits per heavy atom. The minimum absolute atomic E-state index is 0.240. The van der Waals surface area contributed by atoms with Crippen molar-refractivity contribution >= 4 is 17.3 Å². The average molecular weight is 228 g/mol. The number of hydrogen-bond acceptors (Lipinski definition) is 3. The lowest BCUT2D eigenvalue weighted by Gasteiger charge is -2.09. The summed E-state index contributed by atoms with van der Waals surface area (Å²) in [7, 11) is 0. The summed E-state index contributed by atoms with van der Waals surface area (Å²) in [6.07, 6.45) is 3.14. The highest BCUT2D eigenvalue weighted by atomic mass is 32.1. The Labute approximate surface area is 93.4 Å². The van der Waals surface area contributed by atoms with Crippen LogP contribution in [0.1, 0.15) is 53.9 Å². The molecular formula is C11H16O3S. The van der Waals surface area contributed by atoms with Gasteiger partial charge in [0.1, 0.15) is 0 Å². The number of thiophene rings is 1. The van der Waals surface area contributed by atoms with Gasteiger partial charge < -0.3 is 10.2 Å². The fourth-order valence-corrected chi connectivity index (χ4v) is 2.38. The molecule has 0 saturated heterocycles. The maximum Gasteiger partial charge on any atom is 0.336 e. The van der Waals surface area contributed by atoms with Crippen molar-refractivity contribution in [2.75, 3.05) is 0 Å². The Bertz CT molecular complexity index is 319. The third-order valence-electron chi connectivity index (χ3n) is 2.31. The highest BCUT2D eigenvalue weighted by Crippen LogP contribution is 2.28. The van der Waals surface area contributed by atoms with Crippen LogP contribution >= 0.6 is 11.3 Å². The number of unbranched alkanes of at least 4 members (excludes halogenated alkanes) is 2. The van der Waals surface area contributed by atoms with Gasteiger partial charge in [0, 0.05) is 4.88 Å². The molecule has 0 aromatic carbocycles. The van der Waals surface area contributed by atoms with Crippen LogP contribution in [0.5, 0.6) is 0 Å². The van der Waals surface area contributed by atoms with Gasteiger partial charge in [-0.25, -0.2) is 4.79 Å². The molecule has 0 amide bonds. The number of carbonyl (C=O) groups is 1. The lowest BCUT2D eigenvalue weighted by atomic mass is 10.1. The minimum Gasteiger partial charge on any atom is -0.478 e. The summed E-state index contributed by atoms with van der Waals surface area (Å²) in [4.78, 5) is 11.4. The zero-order valence-corrected chi connectivity index (χ0v) is 9.59. The van der Waals surface area contributed by atoms with Crippen LogP contribution in [0.4, 0.5) is 0 Å². The maximum atomic E-state index is 10.8. The number of carboxylic acids is 1. The first-order valence-electron chi connectivity index (χ1n) is 5.15. The molecule has 4 heteroatoms. The third kappa shape index (κ3) is 3.32. The molecule has 1 aromatic rings. The van der Waals surface area contributed by atoms with Gasteiger partial charge in [-0.05, 0) is 17.9 Å². The molecule has 0 fully saturated rings. The van der Waals surface area contributed by atoms with Crippen molar-refractivity contribution in [3.8, 4) is 0 Å². The van der Waals surface area contributed by atoms with Crippen LogP contribution in [-0.2, 0) is 0 Å². The topological polar surface area (TPSA) is 57.5 Å². The number of rotatable bonds is 6. The van der Waals surface area contributed by atoms with Crippen molar-refractivity contribution in [2.24, 2.45) is 0 Å².